The fourth-order valence-electron chi connectivity index (χ4n) is 2.63. The van der Waals surface area contributed by atoms with Gasteiger partial charge < -0.3 is 18.9 Å². The van der Waals surface area contributed by atoms with Gasteiger partial charge in [-0.1, -0.05) is 18.2 Å². The Bertz CT molecular complexity index is 1110. The SMILES string of the molecule is Cc1nnc([C@H](C)NC(=O)c2coc(COc3cccc4cccnc34)n2)o1. The van der Waals surface area contributed by atoms with Gasteiger partial charge in [0.15, 0.2) is 12.3 Å². The molecule has 0 saturated heterocycles. The zero-order valence-corrected chi connectivity index (χ0v) is 15.2. The third-order valence-corrected chi connectivity index (χ3v) is 3.99. The molecular formula is C19H17N5O4. The number of oxazole rings is 1. The highest BCUT2D eigenvalue weighted by Gasteiger charge is 2.19. The molecular weight excluding hydrogens is 362 g/mol. The van der Waals surface area contributed by atoms with E-state index < -0.39 is 11.9 Å². The van der Waals surface area contributed by atoms with Gasteiger partial charge in [0.05, 0.1) is 0 Å². The molecule has 142 valence electrons. The van der Waals surface area contributed by atoms with Crippen molar-refractivity contribution in [2.24, 2.45) is 0 Å². The number of rotatable bonds is 6. The summed E-state index contributed by atoms with van der Waals surface area (Å²) in [5, 5.41) is 11.3. The maximum atomic E-state index is 12.3. The Kier molecular flexibility index (Phi) is 4.71. The smallest absolute Gasteiger partial charge is 0.273 e. The molecule has 0 radical (unpaired) electrons. The molecule has 28 heavy (non-hydrogen) atoms. The average molecular weight is 379 g/mol. The molecule has 9 heteroatoms. The molecule has 4 aromatic rings. The maximum absolute atomic E-state index is 12.3. The Hall–Kier alpha value is -3.75. The minimum Gasteiger partial charge on any atom is -0.482 e. The minimum absolute atomic E-state index is 0.0708. The van der Waals surface area contributed by atoms with Gasteiger partial charge >= 0.3 is 0 Å². The van der Waals surface area contributed by atoms with E-state index in [0.29, 0.717) is 17.5 Å². The van der Waals surface area contributed by atoms with Crippen LogP contribution in [0, 0.1) is 6.92 Å². The van der Waals surface area contributed by atoms with Gasteiger partial charge in [-0.15, -0.1) is 10.2 Å². The predicted molar refractivity (Wildman–Crippen MR) is 97.5 cm³/mol. The van der Waals surface area contributed by atoms with E-state index >= 15 is 0 Å². The molecule has 3 aromatic heterocycles. The number of hydrogen-bond donors (Lipinski definition) is 1. The Morgan fingerprint density at radius 1 is 1.25 bits per heavy atom. The molecule has 4 rings (SSSR count). The number of amides is 1. The molecule has 0 aliphatic carbocycles. The molecule has 0 unspecified atom stereocenters. The van der Waals surface area contributed by atoms with E-state index in [-0.39, 0.29) is 18.2 Å². The number of nitrogens with one attached hydrogen (secondary N) is 1. The van der Waals surface area contributed by atoms with Gasteiger partial charge in [-0.2, -0.15) is 0 Å². The van der Waals surface area contributed by atoms with Gasteiger partial charge in [0.2, 0.25) is 17.7 Å². The Morgan fingerprint density at radius 3 is 2.93 bits per heavy atom. The van der Waals surface area contributed by atoms with E-state index in [2.05, 4.69) is 25.5 Å². The second kappa shape index (κ2) is 7.47. The summed E-state index contributed by atoms with van der Waals surface area (Å²) in [6.45, 7) is 3.49. The molecule has 0 aliphatic rings. The molecule has 0 aliphatic heterocycles. The summed E-state index contributed by atoms with van der Waals surface area (Å²) in [7, 11) is 0. The fourth-order valence-corrected chi connectivity index (χ4v) is 2.63. The monoisotopic (exact) mass is 379 g/mol. The molecule has 3 heterocycles. The van der Waals surface area contributed by atoms with Crippen molar-refractivity contribution < 1.29 is 18.4 Å². The quantitative estimate of drug-likeness (QED) is 0.543. The molecule has 9 nitrogen and oxygen atoms in total. The number of benzene rings is 1. The molecule has 1 amide bonds. The number of aromatic nitrogens is 4. The Morgan fingerprint density at radius 2 is 2.11 bits per heavy atom. The molecule has 1 atom stereocenters. The van der Waals surface area contributed by atoms with E-state index in [1.165, 1.54) is 6.26 Å². The number of para-hydroxylation sites is 1. The van der Waals surface area contributed by atoms with Crippen LogP contribution in [0.1, 0.15) is 41.1 Å². The fraction of sp³-hybridized carbons (Fsp3) is 0.211. The third kappa shape index (κ3) is 3.68. The Labute approximate surface area is 159 Å². The van der Waals surface area contributed by atoms with Crippen molar-refractivity contribution in [3.8, 4) is 5.75 Å². The number of aryl methyl sites for hydroxylation is 1. The number of pyridine rings is 1. The summed E-state index contributed by atoms with van der Waals surface area (Å²) < 4.78 is 16.4. The van der Waals surface area contributed by atoms with Gasteiger partial charge in [0.25, 0.3) is 5.91 Å². The lowest BCUT2D eigenvalue weighted by molar-refractivity contribution is 0.0928. The Balaban J connectivity index is 1.40. The van der Waals surface area contributed by atoms with Crippen LogP contribution in [0.2, 0.25) is 0 Å². The number of carbonyl (C=O) groups excluding carboxylic acids is 1. The van der Waals surface area contributed by atoms with Crippen molar-refractivity contribution in [2.45, 2.75) is 26.5 Å². The first-order chi connectivity index (χ1) is 13.6. The zero-order chi connectivity index (χ0) is 19.5. The van der Waals surface area contributed by atoms with Crippen LogP contribution in [-0.4, -0.2) is 26.1 Å². The number of ether oxygens (including phenoxy) is 1. The summed E-state index contributed by atoms with van der Waals surface area (Å²) in [4.78, 5) is 20.8. The highest BCUT2D eigenvalue weighted by atomic mass is 16.5. The minimum atomic E-state index is -0.452. The van der Waals surface area contributed by atoms with E-state index in [1.807, 2.05) is 30.3 Å². The zero-order valence-electron chi connectivity index (χ0n) is 15.2. The van der Waals surface area contributed by atoms with Gasteiger partial charge in [-0.25, -0.2) is 4.98 Å². The van der Waals surface area contributed by atoms with Crippen molar-refractivity contribution >= 4 is 16.8 Å². The van der Waals surface area contributed by atoms with Crippen LogP contribution in [0.15, 0.2) is 51.6 Å². The highest BCUT2D eigenvalue weighted by Crippen LogP contribution is 2.23. The van der Waals surface area contributed by atoms with Crippen molar-refractivity contribution in [2.75, 3.05) is 0 Å². The van der Waals surface area contributed by atoms with Crippen LogP contribution >= 0.6 is 0 Å². The first-order valence-electron chi connectivity index (χ1n) is 8.62. The largest absolute Gasteiger partial charge is 0.482 e. The average Bonchev–Trinajstić information content (AvgIpc) is 3.35. The lowest BCUT2D eigenvalue weighted by Crippen LogP contribution is -2.27. The van der Waals surface area contributed by atoms with Gasteiger partial charge in [-0.3, -0.25) is 9.78 Å². The van der Waals surface area contributed by atoms with Gasteiger partial charge in [0.1, 0.15) is 23.6 Å². The van der Waals surface area contributed by atoms with E-state index in [9.17, 15) is 4.79 Å². The highest BCUT2D eigenvalue weighted by molar-refractivity contribution is 5.92. The first kappa shape index (κ1) is 17.7. The van der Waals surface area contributed by atoms with Crippen LogP contribution in [0.3, 0.4) is 0 Å². The number of carbonyl (C=O) groups is 1. The topological polar surface area (TPSA) is 116 Å². The van der Waals surface area contributed by atoms with E-state index in [4.69, 9.17) is 13.6 Å². The van der Waals surface area contributed by atoms with Crippen LogP contribution in [0.25, 0.3) is 10.9 Å². The lowest BCUT2D eigenvalue weighted by atomic mass is 10.2. The number of fused-ring (bicyclic) bond motifs is 1. The second-order valence-electron chi connectivity index (χ2n) is 6.10. The van der Waals surface area contributed by atoms with Crippen molar-refractivity contribution in [3.63, 3.8) is 0 Å². The van der Waals surface area contributed by atoms with Gasteiger partial charge in [0, 0.05) is 18.5 Å². The lowest BCUT2D eigenvalue weighted by Gasteiger charge is -2.07. The molecule has 0 fully saturated rings. The second-order valence-corrected chi connectivity index (χ2v) is 6.10. The summed E-state index contributed by atoms with van der Waals surface area (Å²) in [6, 6.07) is 9.02. The summed E-state index contributed by atoms with van der Waals surface area (Å²) in [5.74, 6) is 1.23. The summed E-state index contributed by atoms with van der Waals surface area (Å²) in [5.41, 5.74) is 0.885. The first-order valence-corrected chi connectivity index (χ1v) is 8.62. The summed E-state index contributed by atoms with van der Waals surface area (Å²) in [6.07, 6.45) is 2.98. The molecule has 1 N–H and O–H groups in total. The van der Waals surface area contributed by atoms with E-state index in [0.717, 1.165) is 10.9 Å². The predicted octanol–water partition coefficient (Wildman–Crippen LogP) is 2.98. The molecule has 0 bridgehead atoms. The van der Waals surface area contributed by atoms with Gasteiger partial charge in [-0.05, 0) is 19.1 Å². The van der Waals surface area contributed by atoms with Crippen LogP contribution in [0.4, 0.5) is 0 Å². The molecule has 0 saturated carbocycles. The van der Waals surface area contributed by atoms with Crippen molar-refractivity contribution in [1.82, 2.24) is 25.5 Å². The third-order valence-electron chi connectivity index (χ3n) is 3.99. The van der Waals surface area contributed by atoms with E-state index in [1.54, 1.807) is 20.0 Å². The summed E-state index contributed by atoms with van der Waals surface area (Å²) >= 11 is 0. The van der Waals surface area contributed by atoms with Crippen molar-refractivity contribution in [3.05, 3.63) is 66.2 Å². The molecule has 1 aromatic carbocycles. The maximum Gasteiger partial charge on any atom is 0.273 e. The van der Waals surface area contributed by atoms with Crippen LogP contribution < -0.4 is 10.1 Å². The normalized spacial score (nSPS) is 12.1. The standard InChI is InChI=1S/C19H17N5O4/c1-11(19-24-23-12(2)28-19)21-18(25)14-9-27-16(22-14)10-26-15-7-3-5-13-6-4-8-20-17(13)15/h3-9,11H,10H2,1-2H3,(H,21,25)/t11-/m0/s1. The van der Waals surface area contributed by atoms with Crippen molar-refractivity contribution in [1.29, 1.82) is 0 Å². The molecule has 0 spiro atoms. The van der Waals surface area contributed by atoms with Crippen LogP contribution in [-0.2, 0) is 6.61 Å². The number of hydrogen-bond acceptors (Lipinski definition) is 8. The number of nitrogens with zero attached hydrogens (tertiary/aromatic N) is 4. The van der Waals surface area contributed by atoms with Crippen LogP contribution in [0.5, 0.6) is 5.75 Å².